The lowest BCUT2D eigenvalue weighted by molar-refractivity contribution is 0.0430. The van der Waals surface area contributed by atoms with E-state index >= 15 is 0 Å². The highest BCUT2D eigenvalue weighted by Gasteiger charge is 2.34. The van der Waals surface area contributed by atoms with Gasteiger partial charge >= 0.3 is 12.2 Å². The zero-order valence-corrected chi connectivity index (χ0v) is 22.7. The predicted molar refractivity (Wildman–Crippen MR) is 135 cm³/mol. The number of benzene rings is 1. The molecule has 0 fully saturated rings. The van der Waals surface area contributed by atoms with E-state index in [0.29, 0.717) is 31.9 Å². The van der Waals surface area contributed by atoms with E-state index in [4.69, 9.17) is 32.7 Å². The minimum atomic E-state index is -0.848. The average molecular weight is 533 g/mol. The van der Waals surface area contributed by atoms with Gasteiger partial charge in [0.25, 0.3) is 0 Å². The maximum absolute atomic E-state index is 13.1. The van der Waals surface area contributed by atoms with Crippen molar-refractivity contribution in [3.63, 3.8) is 0 Å². The Balaban J connectivity index is 2.56. The summed E-state index contributed by atoms with van der Waals surface area (Å²) in [7, 11) is 0. The van der Waals surface area contributed by atoms with E-state index in [1.165, 1.54) is 29.7 Å². The quantitative estimate of drug-likeness (QED) is 0.392. The molecule has 180 valence electrons. The standard InChI is InChI=1S/C22H27Cl2N3O4S2/c1-21(2,3)30-19(28)27(20(29)31-22(4,5)6)14-8-9-15(18(24)13(14)12-32-7)33-17-11-25-16(23)10-26-17/h8-11H,12H2,1-7H3. The summed E-state index contributed by atoms with van der Waals surface area (Å²) < 4.78 is 11.0. The van der Waals surface area contributed by atoms with E-state index < -0.39 is 23.4 Å². The van der Waals surface area contributed by atoms with Crippen LogP contribution in [-0.2, 0) is 15.2 Å². The lowest BCUT2D eigenvalue weighted by Crippen LogP contribution is -2.44. The number of aromatic nitrogens is 2. The molecule has 0 saturated carbocycles. The fraction of sp³-hybridized carbons (Fsp3) is 0.455. The van der Waals surface area contributed by atoms with E-state index in [1.807, 2.05) is 6.26 Å². The van der Waals surface area contributed by atoms with Gasteiger partial charge in [-0.25, -0.2) is 19.6 Å². The summed E-state index contributed by atoms with van der Waals surface area (Å²) in [6, 6.07) is 3.36. The number of hydrogen-bond acceptors (Lipinski definition) is 8. The van der Waals surface area contributed by atoms with Gasteiger partial charge in [0.15, 0.2) is 0 Å². The molecular weight excluding hydrogens is 505 g/mol. The van der Waals surface area contributed by atoms with Gasteiger partial charge in [0.1, 0.15) is 21.4 Å². The van der Waals surface area contributed by atoms with Crippen molar-refractivity contribution in [1.29, 1.82) is 0 Å². The van der Waals surface area contributed by atoms with Crippen LogP contribution in [0.4, 0.5) is 15.3 Å². The van der Waals surface area contributed by atoms with E-state index in [9.17, 15) is 9.59 Å². The second-order valence-electron chi connectivity index (χ2n) is 8.88. The van der Waals surface area contributed by atoms with Crippen molar-refractivity contribution < 1.29 is 19.1 Å². The minimum Gasteiger partial charge on any atom is -0.443 e. The van der Waals surface area contributed by atoms with Gasteiger partial charge in [0, 0.05) is 16.2 Å². The monoisotopic (exact) mass is 531 g/mol. The minimum absolute atomic E-state index is 0.286. The van der Waals surface area contributed by atoms with Gasteiger partial charge in [0.2, 0.25) is 0 Å². The van der Waals surface area contributed by atoms with Crippen molar-refractivity contribution in [2.24, 2.45) is 0 Å². The van der Waals surface area contributed by atoms with Crippen LogP contribution in [0.15, 0.2) is 34.4 Å². The molecule has 2 amide bonds. The molecule has 7 nitrogen and oxygen atoms in total. The van der Waals surface area contributed by atoms with Crippen LogP contribution in [0.2, 0.25) is 10.2 Å². The van der Waals surface area contributed by atoms with Crippen LogP contribution in [0.1, 0.15) is 47.1 Å². The Bertz CT molecular complexity index is 978. The van der Waals surface area contributed by atoms with Gasteiger partial charge in [-0.15, -0.1) is 0 Å². The van der Waals surface area contributed by atoms with Gasteiger partial charge in [0.05, 0.1) is 23.1 Å². The summed E-state index contributed by atoms with van der Waals surface area (Å²) in [5.74, 6) is 0.441. The summed E-state index contributed by atoms with van der Waals surface area (Å²) in [4.78, 5) is 36.0. The second kappa shape index (κ2) is 11.2. The van der Waals surface area contributed by atoms with Crippen molar-refractivity contribution in [1.82, 2.24) is 9.97 Å². The number of amides is 2. The molecule has 0 unspecified atom stereocenters. The van der Waals surface area contributed by atoms with Crippen molar-refractivity contribution >= 4 is 64.6 Å². The molecule has 2 rings (SSSR count). The lowest BCUT2D eigenvalue weighted by atomic mass is 10.1. The molecule has 0 saturated heterocycles. The second-order valence-corrected chi connectivity index (χ2v) is 11.6. The molecular formula is C22H27Cl2N3O4S2. The number of nitrogens with zero attached hydrogens (tertiary/aromatic N) is 3. The van der Waals surface area contributed by atoms with E-state index in [0.717, 1.165) is 4.90 Å². The zero-order chi connectivity index (χ0) is 25.0. The highest BCUT2D eigenvalue weighted by atomic mass is 35.5. The molecule has 0 radical (unpaired) electrons. The van der Waals surface area contributed by atoms with Crippen LogP contribution in [0, 0.1) is 0 Å². The Morgan fingerprint density at radius 1 is 0.970 bits per heavy atom. The molecule has 2 aromatic rings. The SMILES string of the molecule is CSCc1c(N(C(=O)OC(C)(C)C)C(=O)OC(C)(C)C)ccc(Sc2cnc(Cl)cn2)c1Cl. The molecule has 0 aliphatic heterocycles. The van der Waals surface area contributed by atoms with E-state index in [-0.39, 0.29) is 5.15 Å². The van der Waals surface area contributed by atoms with E-state index in [2.05, 4.69) is 9.97 Å². The number of hydrogen-bond donors (Lipinski definition) is 0. The zero-order valence-electron chi connectivity index (χ0n) is 19.6. The predicted octanol–water partition coefficient (Wildman–Crippen LogP) is 7.47. The van der Waals surface area contributed by atoms with Gasteiger partial charge < -0.3 is 9.47 Å². The third kappa shape index (κ3) is 8.24. The van der Waals surface area contributed by atoms with Gasteiger partial charge in [-0.3, -0.25) is 0 Å². The Kier molecular flexibility index (Phi) is 9.32. The molecule has 0 bridgehead atoms. The summed E-state index contributed by atoms with van der Waals surface area (Å²) in [6.07, 6.45) is 3.19. The molecule has 0 spiro atoms. The summed E-state index contributed by atoms with van der Waals surface area (Å²) in [6.45, 7) is 10.3. The smallest absolute Gasteiger partial charge is 0.424 e. The van der Waals surface area contributed by atoms with Crippen LogP contribution in [0.5, 0.6) is 0 Å². The molecule has 0 aliphatic carbocycles. The largest absolute Gasteiger partial charge is 0.443 e. The Labute approximate surface area is 212 Å². The number of halogens is 2. The first-order valence-electron chi connectivity index (χ1n) is 9.93. The van der Waals surface area contributed by atoms with Crippen LogP contribution >= 0.6 is 46.7 Å². The number of ether oxygens (including phenoxy) is 2. The highest BCUT2D eigenvalue weighted by Crippen LogP contribution is 2.40. The molecule has 0 atom stereocenters. The molecule has 1 aromatic carbocycles. The first-order chi connectivity index (χ1) is 15.2. The lowest BCUT2D eigenvalue weighted by Gasteiger charge is -2.30. The maximum Gasteiger partial charge on any atom is 0.424 e. The third-order valence-corrected chi connectivity index (χ3v) is 5.97. The van der Waals surface area contributed by atoms with Crippen molar-refractivity contribution in [2.75, 3.05) is 11.2 Å². The molecule has 0 N–H and O–H groups in total. The number of anilines is 1. The van der Waals surface area contributed by atoms with Crippen LogP contribution in [0.25, 0.3) is 0 Å². The highest BCUT2D eigenvalue weighted by molar-refractivity contribution is 7.99. The number of carbonyl (C=O) groups excluding carboxylic acids is 2. The van der Waals surface area contributed by atoms with Gasteiger partial charge in [-0.1, -0.05) is 35.0 Å². The van der Waals surface area contributed by atoms with Crippen LogP contribution in [0.3, 0.4) is 0 Å². The van der Waals surface area contributed by atoms with Crippen LogP contribution in [-0.4, -0.2) is 39.6 Å². The van der Waals surface area contributed by atoms with Crippen molar-refractivity contribution in [3.05, 3.63) is 40.3 Å². The first kappa shape index (κ1) is 27.6. The molecule has 11 heteroatoms. The summed E-state index contributed by atoms with van der Waals surface area (Å²) in [5.41, 5.74) is -0.745. The Morgan fingerprint density at radius 2 is 1.55 bits per heavy atom. The first-order valence-corrected chi connectivity index (χ1v) is 12.9. The van der Waals surface area contributed by atoms with Crippen molar-refractivity contribution in [3.8, 4) is 0 Å². The average Bonchev–Trinajstić information content (AvgIpc) is 2.65. The number of rotatable bonds is 5. The Morgan fingerprint density at radius 3 is 2.00 bits per heavy atom. The van der Waals surface area contributed by atoms with Gasteiger partial charge in [-0.2, -0.15) is 16.7 Å². The Hall–Kier alpha value is -1.68. The fourth-order valence-electron chi connectivity index (χ4n) is 2.51. The maximum atomic E-state index is 13.1. The topological polar surface area (TPSA) is 81.6 Å². The summed E-state index contributed by atoms with van der Waals surface area (Å²) in [5, 5.41) is 1.27. The molecule has 1 heterocycles. The summed E-state index contributed by atoms with van der Waals surface area (Å²) >= 11 is 15.4. The third-order valence-electron chi connectivity index (χ3n) is 3.68. The number of carbonyl (C=O) groups is 2. The van der Waals surface area contributed by atoms with E-state index in [1.54, 1.807) is 59.9 Å². The van der Waals surface area contributed by atoms with Crippen molar-refractivity contribution in [2.45, 2.75) is 68.4 Å². The number of imide groups is 1. The van der Waals surface area contributed by atoms with Gasteiger partial charge in [-0.05, 0) is 59.9 Å². The molecule has 33 heavy (non-hydrogen) atoms. The number of thioether (sulfide) groups is 1. The molecule has 0 aliphatic rings. The normalized spacial score (nSPS) is 11.8. The van der Waals surface area contributed by atoms with Crippen LogP contribution < -0.4 is 4.90 Å². The molecule has 1 aromatic heterocycles. The fourth-order valence-corrected chi connectivity index (χ4v) is 4.40.